The van der Waals surface area contributed by atoms with Gasteiger partial charge in [-0.1, -0.05) is 0 Å². The van der Waals surface area contributed by atoms with E-state index in [0.29, 0.717) is 13.2 Å². The second-order valence-corrected chi connectivity index (χ2v) is 4.28. The van der Waals surface area contributed by atoms with Gasteiger partial charge in [-0.25, -0.2) is 0 Å². The van der Waals surface area contributed by atoms with Crippen molar-refractivity contribution >= 4 is 3.90 Å². The van der Waals surface area contributed by atoms with E-state index in [1.54, 1.807) is 6.08 Å². The molecule has 62 valence electrons. The third-order valence-electron chi connectivity index (χ3n) is 1.65. The molecule has 3 heteroatoms. The molecule has 1 rings (SSSR count). The van der Waals surface area contributed by atoms with E-state index in [4.69, 9.17) is 16.1 Å². The van der Waals surface area contributed by atoms with Gasteiger partial charge in [0.05, 0.1) is 0 Å². The first-order valence-corrected chi connectivity index (χ1v) is 5.00. The summed E-state index contributed by atoms with van der Waals surface area (Å²) in [5.74, 6) is -0.453. The molecule has 0 aromatic carbocycles. The topological polar surface area (TPSA) is 18.5 Å². The van der Waals surface area contributed by atoms with Crippen LogP contribution in [0.3, 0.4) is 0 Å². The summed E-state index contributed by atoms with van der Waals surface area (Å²) in [6.45, 7) is 8.65. The number of ether oxygens (including phenoxy) is 2. The van der Waals surface area contributed by atoms with Gasteiger partial charge < -0.3 is 0 Å². The summed E-state index contributed by atoms with van der Waals surface area (Å²) in [7, 11) is 0. The van der Waals surface area contributed by atoms with Crippen LogP contribution in [0.1, 0.15) is 13.3 Å². The Balaban J connectivity index is 2.55. The van der Waals surface area contributed by atoms with Crippen LogP contribution in [0.15, 0.2) is 6.08 Å². The van der Waals surface area contributed by atoms with Crippen LogP contribution in [0.5, 0.6) is 0 Å². The minimum atomic E-state index is -0.453. The van der Waals surface area contributed by atoms with Gasteiger partial charge in [0.2, 0.25) is 0 Å². The van der Waals surface area contributed by atoms with Crippen molar-refractivity contribution in [2.24, 2.45) is 0 Å². The molecule has 0 aromatic heterocycles. The molecule has 0 aliphatic carbocycles. The molecule has 2 nitrogen and oxygen atoms in total. The second kappa shape index (κ2) is 3.75. The zero-order valence-electron chi connectivity index (χ0n) is 6.50. The summed E-state index contributed by atoms with van der Waals surface area (Å²) in [6.07, 6.45) is 2.42. The van der Waals surface area contributed by atoms with Crippen LogP contribution in [0.2, 0.25) is 0 Å². The molecule has 1 heterocycles. The van der Waals surface area contributed by atoms with E-state index < -0.39 is 5.79 Å². The Morgan fingerprint density at radius 1 is 1.64 bits per heavy atom. The Hall–Kier alpha value is 0.218. The second-order valence-electron chi connectivity index (χ2n) is 2.51. The quantitative estimate of drug-likeness (QED) is 0.717. The molecule has 0 spiro atoms. The van der Waals surface area contributed by atoms with Gasteiger partial charge in [0.25, 0.3) is 0 Å². The Bertz CT molecular complexity index is 171. The summed E-state index contributed by atoms with van der Waals surface area (Å²) in [4.78, 5) is 0. The summed E-state index contributed by atoms with van der Waals surface area (Å²) in [6, 6.07) is 0. The molecule has 0 aromatic rings. The van der Waals surface area contributed by atoms with Gasteiger partial charge in [-0.2, -0.15) is 0 Å². The third kappa shape index (κ3) is 2.08. The zero-order valence-corrected chi connectivity index (χ0v) is 9.43. The SMILES string of the molecule is [CH-]=CC[C](=[W])C1(C)OCCO1. The first kappa shape index (κ1) is 9.31. The minimum absolute atomic E-state index is 0.453. The van der Waals surface area contributed by atoms with Crippen LogP contribution in [-0.2, 0) is 28.8 Å². The van der Waals surface area contributed by atoms with Crippen molar-refractivity contribution in [3.8, 4) is 0 Å². The molecule has 0 amide bonds. The number of allylic oxidation sites excluding steroid dienone is 1. The van der Waals surface area contributed by atoms with Gasteiger partial charge in [0.15, 0.2) is 0 Å². The molecule has 0 atom stereocenters. The van der Waals surface area contributed by atoms with Crippen molar-refractivity contribution in [2.45, 2.75) is 19.1 Å². The molecular formula is C8H11O2W-. The average molecular weight is 323 g/mol. The molecule has 1 aliphatic heterocycles. The van der Waals surface area contributed by atoms with Crippen LogP contribution >= 0.6 is 0 Å². The number of hydrogen-bond acceptors (Lipinski definition) is 2. The normalized spacial score (nSPS) is 21.5. The van der Waals surface area contributed by atoms with E-state index in [0.717, 1.165) is 6.42 Å². The average Bonchev–Trinajstić information content (AvgIpc) is 2.38. The maximum atomic E-state index is 5.44. The van der Waals surface area contributed by atoms with Crippen molar-refractivity contribution in [1.82, 2.24) is 0 Å². The third-order valence-corrected chi connectivity index (χ3v) is 3.58. The fourth-order valence-corrected chi connectivity index (χ4v) is 1.74. The molecule has 1 fully saturated rings. The number of hydrogen-bond donors (Lipinski definition) is 0. The van der Waals surface area contributed by atoms with E-state index in [1.165, 1.54) is 23.3 Å². The molecule has 0 radical (unpaired) electrons. The Morgan fingerprint density at radius 3 is 2.64 bits per heavy atom. The predicted molar refractivity (Wildman–Crippen MR) is 38.8 cm³/mol. The molecule has 0 bridgehead atoms. The van der Waals surface area contributed by atoms with E-state index in [2.05, 4.69) is 0 Å². The van der Waals surface area contributed by atoms with Crippen molar-refractivity contribution in [3.05, 3.63) is 12.7 Å². The van der Waals surface area contributed by atoms with Crippen molar-refractivity contribution < 1.29 is 28.8 Å². The fraction of sp³-hybridized carbons (Fsp3) is 0.625. The predicted octanol–water partition coefficient (Wildman–Crippen LogP) is 0.848. The Kier molecular flexibility index (Phi) is 3.17. The van der Waals surface area contributed by atoms with Gasteiger partial charge in [-0.15, -0.1) is 0 Å². The van der Waals surface area contributed by atoms with Crippen molar-refractivity contribution in [1.29, 1.82) is 0 Å². The van der Waals surface area contributed by atoms with Crippen molar-refractivity contribution in [2.75, 3.05) is 13.2 Å². The Labute approximate surface area is 78.0 Å². The van der Waals surface area contributed by atoms with Crippen LogP contribution in [0.4, 0.5) is 0 Å². The van der Waals surface area contributed by atoms with Gasteiger partial charge >= 0.3 is 77.7 Å². The van der Waals surface area contributed by atoms with Gasteiger partial charge in [-0.3, -0.25) is 0 Å². The van der Waals surface area contributed by atoms with E-state index >= 15 is 0 Å². The monoisotopic (exact) mass is 323 g/mol. The number of rotatable bonds is 3. The summed E-state index contributed by atoms with van der Waals surface area (Å²) < 4.78 is 12.1. The van der Waals surface area contributed by atoms with Crippen LogP contribution in [0.25, 0.3) is 0 Å². The summed E-state index contributed by atoms with van der Waals surface area (Å²) in [5, 5.41) is 0. The van der Waals surface area contributed by atoms with Crippen LogP contribution < -0.4 is 0 Å². The zero-order chi connectivity index (χ0) is 8.32. The van der Waals surface area contributed by atoms with E-state index in [9.17, 15) is 0 Å². The molecule has 0 unspecified atom stereocenters. The summed E-state index contributed by atoms with van der Waals surface area (Å²) >= 11 is 1.38. The van der Waals surface area contributed by atoms with Gasteiger partial charge in [0.1, 0.15) is 0 Å². The van der Waals surface area contributed by atoms with E-state index in [-0.39, 0.29) is 0 Å². The van der Waals surface area contributed by atoms with Crippen molar-refractivity contribution in [3.63, 3.8) is 0 Å². The first-order chi connectivity index (χ1) is 5.19. The Morgan fingerprint density at radius 2 is 2.18 bits per heavy atom. The molecule has 0 N–H and O–H groups in total. The first-order valence-electron chi connectivity index (χ1n) is 3.53. The van der Waals surface area contributed by atoms with Gasteiger partial charge in [0, 0.05) is 0 Å². The molecule has 1 aliphatic rings. The fourth-order valence-electron chi connectivity index (χ4n) is 0.968. The standard InChI is InChI=1S/C8H11O2.W/c1-3-4-5-8(2)9-6-7-10-8;/h1,3H,4,6-7H2,2H3;/q-1;. The molecular weight excluding hydrogens is 312 g/mol. The maximum absolute atomic E-state index is 5.44. The molecule has 0 saturated carbocycles. The van der Waals surface area contributed by atoms with Crippen LogP contribution in [0, 0.1) is 6.58 Å². The van der Waals surface area contributed by atoms with E-state index in [1.807, 2.05) is 6.92 Å². The van der Waals surface area contributed by atoms with Gasteiger partial charge in [-0.05, 0) is 0 Å². The van der Waals surface area contributed by atoms with Crippen LogP contribution in [-0.4, -0.2) is 22.9 Å². The molecule has 11 heavy (non-hydrogen) atoms. The molecule has 1 saturated heterocycles. The summed E-state index contributed by atoms with van der Waals surface area (Å²) in [5.41, 5.74) is 0.